The number of Topliss-reactive ketones (excluding diaryl/α,β-unsaturated/α-hetero) is 2. The van der Waals surface area contributed by atoms with Crippen LogP contribution in [0.3, 0.4) is 0 Å². The van der Waals surface area contributed by atoms with Gasteiger partial charge in [-0.05, 0) is 31.1 Å². The quantitative estimate of drug-likeness (QED) is 0.0916. The number of hydrogen-bond acceptors (Lipinski definition) is 9. The minimum absolute atomic E-state index is 0.00374. The van der Waals surface area contributed by atoms with Crippen molar-refractivity contribution in [2.24, 2.45) is 29.4 Å². The molecule has 0 unspecified atom stereocenters. The molecule has 6 atom stereocenters. The molecule has 1 aliphatic rings. The number of hydrogen-bond donors (Lipinski definition) is 7. The molecule has 2 rings (SSSR count). The molecular formula is C29H47N6O10P. The van der Waals surface area contributed by atoms with Crippen molar-refractivity contribution in [2.45, 2.75) is 84.3 Å². The Balaban J connectivity index is 2.23. The Hall–Kier alpha value is -3.46. The van der Waals surface area contributed by atoms with Gasteiger partial charge in [-0.15, -0.1) is 0 Å². The van der Waals surface area contributed by atoms with E-state index >= 15 is 0 Å². The number of likely N-dealkylation sites (tertiary alicyclic amines) is 1. The first kappa shape index (κ1) is 38.7. The zero-order valence-corrected chi connectivity index (χ0v) is 27.6. The summed E-state index contributed by atoms with van der Waals surface area (Å²) in [5.74, 6) is -6.98. The Kier molecular flexibility index (Phi) is 14.7. The van der Waals surface area contributed by atoms with Crippen LogP contribution in [0, 0.1) is 23.7 Å². The molecule has 0 radical (unpaired) electrons. The number of carbonyl (C=O) groups is 6. The van der Waals surface area contributed by atoms with E-state index < -0.39 is 92.0 Å². The third-order valence-corrected chi connectivity index (χ3v) is 9.15. The Morgan fingerprint density at radius 3 is 2.26 bits per heavy atom. The molecule has 0 aliphatic carbocycles. The topological polar surface area (TPSA) is 262 Å². The summed E-state index contributed by atoms with van der Waals surface area (Å²) in [5, 5.41) is 15.2. The fraction of sp³-hybridized carbons (Fsp3) is 0.690. The highest BCUT2D eigenvalue weighted by molar-refractivity contribution is 7.51. The average Bonchev–Trinajstić information content (AvgIpc) is 3.64. The highest BCUT2D eigenvalue weighted by Crippen LogP contribution is 2.39. The average molecular weight is 671 g/mol. The van der Waals surface area contributed by atoms with E-state index in [-0.39, 0.29) is 31.1 Å². The number of imidazole rings is 1. The Morgan fingerprint density at radius 2 is 1.74 bits per heavy atom. The number of aromatic nitrogens is 2. The lowest BCUT2D eigenvalue weighted by molar-refractivity contribution is -0.138. The first-order chi connectivity index (χ1) is 21.4. The van der Waals surface area contributed by atoms with Crippen LogP contribution in [-0.4, -0.2) is 102 Å². The summed E-state index contributed by atoms with van der Waals surface area (Å²) in [4.78, 5) is 104. The molecule has 17 heteroatoms. The molecule has 1 aromatic rings. The van der Waals surface area contributed by atoms with Crippen LogP contribution >= 0.6 is 7.60 Å². The van der Waals surface area contributed by atoms with Crippen molar-refractivity contribution in [3.63, 3.8) is 0 Å². The summed E-state index contributed by atoms with van der Waals surface area (Å²) < 4.78 is 11.4. The van der Waals surface area contributed by atoms with E-state index in [1.54, 1.807) is 0 Å². The normalized spacial score (nSPS) is 18.3. The predicted octanol–water partition coefficient (Wildman–Crippen LogP) is -0.579. The number of aliphatic hydroxyl groups is 1. The summed E-state index contributed by atoms with van der Waals surface area (Å²) in [6.07, 6.45) is 2.60. The van der Waals surface area contributed by atoms with Crippen LogP contribution in [0.15, 0.2) is 12.5 Å². The lowest BCUT2D eigenvalue weighted by atomic mass is 9.87. The molecule has 258 valence electrons. The maximum atomic E-state index is 13.7. The van der Waals surface area contributed by atoms with Gasteiger partial charge in [0.1, 0.15) is 12.1 Å². The summed E-state index contributed by atoms with van der Waals surface area (Å²) in [6, 6.07) is -3.16. The first-order valence-electron chi connectivity index (χ1n) is 15.3. The van der Waals surface area contributed by atoms with E-state index in [0.717, 1.165) is 0 Å². The Bertz CT molecular complexity index is 1280. The monoisotopic (exact) mass is 670 g/mol. The van der Waals surface area contributed by atoms with Gasteiger partial charge in [-0.1, -0.05) is 20.8 Å². The molecule has 0 aromatic carbocycles. The van der Waals surface area contributed by atoms with Crippen LogP contribution in [0.25, 0.3) is 0 Å². The molecule has 16 nitrogen and oxygen atoms in total. The molecule has 0 saturated carbocycles. The zero-order valence-electron chi connectivity index (χ0n) is 26.7. The van der Waals surface area contributed by atoms with Crippen LogP contribution in [0.2, 0.25) is 0 Å². The standard InChI is InChI=1S/C29H47N6O10P/c1-16(2)8-22(33-29(42)24-6-5-7-35(24)18(4)37)25(38)10-19(9-20-12-31-15-32-20)28(41)34-23(13-36)26(39)11-21(27(30)40)17(3)14-46(43,44)45/h12,15-17,19,21-24,36H,5-11,13-14H2,1-4H3,(H2,30,40)(H,31,32)(H,33,42)(H,34,41)(H2,43,44,45)/t17-,19+,21-,22-,23-,24-/m0/s1. The number of primary amides is 1. The molecule has 2 heterocycles. The SMILES string of the molecule is CC(=O)N1CCC[C@H]1C(=O)N[C@@H](CC(C)C)C(=O)C[C@@H](Cc1cnc[nH]1)C(=O)N[C@@H](CO)C(=O)C[C@H](C(N)=O)[C@@H](C)CP(=O)(O)O. The lowest BCUT2D eigenvalue weighted by Crippen LogP contribution is -2.52. The minimum atomic E-state index is -4.53. The van der Waals surface area contributed by atoms with Crippen molar-refractivity contribution in [2.75, 3.05) is 19.3 Å². The summed E-state index contributed by atoms with van der Waals surface area (Å²) >= 11 is 0. The highest BCUT2D eigenvalue weighted by Gasteiger charge is 2.37. The van der Waals surface area contributed by atoms with Crippen LogP contribution in [0.1, 0.15) is 65.5 Å². The lowest BCUT2D eigenvalue weighted by Gasteiger charge is -2.27. The second-order valence-electron chi connectivity index (χ2n) is 12.5. The maximum Gasteiger partial charge on any atom is 0.325 e. The molecule has 0 bridgehead atoms. The second kappa shape index (κ2) is 17.5. The number of nitrogens with zero attached hydrogens (tertiary/aromatic N) is 2. The smallest absolute Gasteiger partial charge is 0.325 e. The van der Waals surface area contributed by atoms with Gasteiger partial charge in [0.2, 0.25) is 23.6 Å². The van der Waals surface area contributed by atoms with Crippen molar-refractivity contribution in [3.8, 4) is 0 Å². The predicted molar refractivity (Wildman–Crippen MR) is 165 cm³/mol. The van der Waals surface area contributed by atoms with Gasteiger partial charge < -0.3 is 41.1 Å². The van der Waals surface area contributed by atoms with Crippen LogP contribution in [0.5, 0.6) is 0 Å². The molecule has 1 fully saturated rings. The number of amides is 4. The van der Waals surface area contributed by atoms with Gasteiger partial charge in [0.05, 0.1) is 31.1 Å². The third kappa shape index (κ3) is 12.0. The molecule has 1 aromatic heterocycles. The second-order valence-corrected chi connectivity index (χ2v) is 14.2. The van der Waals surface area contributed by atoms with E-state index in [4.69, 9.17) is 5.73 Å². The van der Waals surface area contributed by atoms with Crippen molar-refractivity contribution < 1.29 is 48.2 Å². The number of nitrogens with two attached hydrogens (primary N) is 1. The van der Waals surface area contributed by atoms with Crippen molar-refractivity contribution in [1.82, 2.24) is 25.5 Å². The first-order valence-corrected chi connectivity index (χ1v) is 17.1. The molecule has 8 N–H and O–H groups in total. The summed E-state index contributed by atoms with van der Waals surface area (Å²) in [7, 11) is -4.53. The van der Waals surface area contributed by atoms with Gasteiger partial charge in [-0.2, -0.15) is 0 Å². The Morgan fingerprint density at radius 1 is 1.09 bits per heavy atom. The molecule has 46 heavy (non-hydrogen) atoms. The van der Waals surface area contributed by atoms with Crippen LogP contribution in [-0.2, 0) is 39.8 Å². The fourth-order valence-electron chi connectivity index (χ4n) is 5.69. The van der Waals surface area contributed by atoms with Gasteiger partial charge in [0.15, 0.2) is 11.6 Å². The number of aromatic amines is 1. The van der Waals surface area contributed by atoms with Crippen molar-refractivity contribution in [3.05, 3.63) is 18.2 Å². The zero-order chi connectivity index (χ0) is 34.8. The van der Waals surface area contributed by atoms with Crippen LogP contribution in [0.4, 0.5) is 0 Å². The highest BCUT2D eigenvalue weighted by atomic mass is 31.2. The number of rotatable bonds is 19. The number of nitrogens with one attached hydrogen (secondary N) is 3. The van der Waals surface area contributed by atoms with Gasteiger partial charge >= 0.3 is 7.60 Å². The van der Waals surface area contributed by atoms with Gasteiger partial charge in [0, 0.05) is 50.5 Å². The minimum Gasteiger partial charge on any atom is -0.394 e. The van der Waals surface area contributed by atoms with Crippen molar-refractivity contribution >= 4 is 42.8 Å². The third-order valence-electron chi connectivity index (χ3n) is 8.10. The number of ketones is 2. The van der Waals surface area contributed by atoms with Crippen molar-refractivity contribution in [1.29, 1.82) is 0 Å². The van der Waals surface area contributed by atoms with E-state index in [1.807, 2.05) is 13.8 Å². The molecule has 1 saturated heterocycles. The van der Waals surface area contributed by atoms with E-state index in [1.165, 1.54) is 31.3 Å². The Labute approximate surface area is 267 Å². The van der Waals surface area contributed by atoms with Gasteiger partial charge in [-0.25, -0.2) is 4.98 Å². The van der Waals surface area contributed by atoms with Gasteiger partial charge in [-0.3, -0.25) is 33.3 Å². The van der Waals surface area contributed by atoms with Crippen LogP contribution < -0.4 is 16.4 Å². The molecule has 0 spiro atoms. The fourth-order valence-corrected chi connectivity index (χ4v) is 6.70. The summed E-state index contributed by atoms with van der Waals surface area (Å²) in [5.41, 5.74) is 5.90. The largest absolute Gasteiger partial charge is 0.394 e. The van der Waals surface area contributed by atoms with E-state index in [2.05, 4.69) is 20.6 Å². The number of aliphatic hydroxyl groups excluding tert-OH is 1. The molecular weight excluding hydrogens is 623 g/mol. The van der Waals surface area contributed by atoms with E-state index in [9.17, 15) is 48.2 Å². The maximum absolute atomic E-state index is 13.7. The molecule has 4 amide bonds. The number of H-pyrrole nitrogens is 1. The number of carbonyl (C=O) groups excluding carboxylic acids is 6. The molecule has 1 aliphatic heterocycles. The summed E-state index contributed by atoms with van der Waals surface area (Å²) in [6.45, 7) is 6.07. The van der Waals surface area contributed by atoms with Gasteiger partial charge in [0.25, 0.3) is 0 Å². The van der Waals surface area contributed by atoms with E-state index in [0.29, 0.717) is 25.1 Å².